The Kier molecular flexibility index (Phi) is 6.18. The van der Waals surface area contributed by atoms with Crippen molar-refractivity contribution in [3.63, 3.8) is 0 Å². The summed E-state index contributed by atoms with van der Waals surface area (Å²) in [6, 6.07) is 3.82. The van der Waals surface area contributed by atoms with Gasteiger partial charge in [-0.1, -0.05) is 6.92 Å². The molecule has 2 atom stereocenters. The Morgan fingerprint density at radius 1 is 1.31 bits per heavy atom. The van der Waals surface area contributed by atoms with Gasteiger partial charge in [0.05, 0.1) is 10.8 Å². The number of carboxylic acid groups (broad SMARTS) is 1. The van der Waals surface area contributed by atoms with E-state index in [-0.39, 0.29) is 11.3 Å². The van der Waals surface area contributed by atoms with Gasteiger partial charge in [-0.15, -0.1) is 0 Å². The monoisotopic (exact) mass is 363 g/mol. The molecule has 2 rings (SSSR count). The highest BCUT2D eigenvalue weighted by atomic mass is 16.6. The van der Waals surface area contributed by atoms with Crippen LogP contribution in [0.25, 0.3) is 0 Å². The van der Waals surface area contributed by atoms with Crippen molar-refractivity contribution in [1.82, 2.24) is 5.32 Å². The minimum Gasteiger partial charge on any atom is -0.481 e. The van der Waals surface area contributed by atoms with E-state index in [0.717, 1.165) is 25.9 Å². The fourth-order valence-electron chi connectivity index (χ4n) is 2.96. The number of piperidine rings is 1. The van der Waals surface area contributed by atoms with Crippen LogP contribution in [0.3, 0.4) is 0 Å². The molecule has 142 valence electrons. The van der Waals surface area contributed by atoms with Crippen molar-refractivity contribution < 1.29 is 19.6 Å². The lowest BCUT2D eigenvalue weighted by Crippen LogP contribution is -2.40. The summed E-state index contributed by atoms with van der Waals surface area (Å²) in [4.78, 5) is 36.3. The smallest absolute Gasteiger partial charge is 0.308 e. The van der Waals surface area contributed by atoms with E-state index in [0.29, 0.717) is 11.6 Å². The van der Waals surface area contributed by atoms with Gasteiger partial charge >= 0.3 is 5.97 Å². The van der Waals surface area contributed by atoms with Gasteiger partial charge < -0.3 is 15.3 Å². The molecule has 2 N–H and O–H groups in total. The van der Waals surface area contributed by atoms with Gasteiger partial charge in [0.1, 0.15) is 5.69 Å². The van der Waals surface area contributed by atoms with Crippen molar-refractivity contribution in [3.8, 4) is 0 Å². The first-order valence-electron chi connectivity index (χ1n) is 8.77. The van der Waals surface area contributed by atoms with Crippen LogP contribution in [0, 0.1) is 22.0 Å². The highest BCUT2D eigenvalue weighted by molar-refractivity contribution is 5.96. The molecule has 1 saturated heterocycles. The first kappa shape index (κ1) is 19.7. The summed E-state index contributed by atoms with van der Waals surface area (Å²) >= 11 is 0. The van der Waals surface area contributed by atoms with Gasteiger partial charge in [-0.2, -0.15) is 0 Å². The van der Waals surface area contributed by atoms with Crippen LogP contribution in [0.4, 0.5) is 11.4 Å². The van der Waals surface area contributed by atoms with E-state index in [2.05, 4.69) is 12.2 Å². The summed E-state index contributed by atoms with van der Waals surface area (Å²) in [5.74, 6) is -1.69. The fourth-order valence-corrected chi connectivity index (χ4v) is 2.96. The average Bonchev–Trinajstić information content (AvgIpc) is 2.60. The molecule has 0 aliphatic carbocycles. The lowest BCUT2D eigenvalue weighted by molar-refractivity contribution is -0.384. The summed E-state index contributed by atoms with van der Waals surface area (Å²) in [6.07, 6.45) is 1.95. The van der Waals surface area contributed by atoms with Crippen molar-refractivity contribution >= 4 is 23.3 Å². The average molecular weight is 363 g/mol. The van der Waals surface area contributed by atoms with E-state index in [1.54, 1.807) is 19.1 Å². The van der Waals surface area contributed by atoms with Crippen LogP contribution < -0.4 is 10.2 Å². The predicted octanol–water partition coefficient (Wildman–Crippen LogP) is 2.67. The number of aliphatic carboxylic acids is 1. The first-order valence-corrected chi connectivity index (χ1v) is 8.77. The summed E-state index contributed by atoms with van der Waals surface area (Å²) in [6.45, 7) is 6.75. The number of nitro groups is 1. The van der Waals surface area contributed by atoms with Gasteiger partial charge in [0.15, 0.2) is 0 Å². The molecule has 1 heterocycles. The second-order valence-corrected chi connectivity index (χ2v) is 7.02. The third-order valence-electron chi connectivity index (χ3n) is 5.06. The van der Waals surface area contributed by atoms with Crippen LogP contribution in [0.5, 0.6) is 0 Å². The second kappa shape index (κ2) is 8.16. The topological polar surface area (TPSA) is 113 Å². The molecular formula is C18H25N3O5. The Bertz CT molecular complexity index is 698. The molecule has 1 fully saturated rings. The Balaban J connectivity index is 2.21. The number of rotatable bonds is 6. The maximum absolute atomic E-state index is 12.3. The number of amides is 1. The molecule has 1 amide bonds. The van der Waals surface area contributed by atoms with Gasteiger partial charge in [0.25, 0.3) is 11.6 Å². The molecular weight excluding hydrogens is 338 g/mol. The summed E-state index contributed by atoms with van der Waals surface area (Å²) in [7, 11) is 0. The number of nitro benzene ring substituents is 1. The van der Waals surface area contributed by atoms with E-state index in [1.165, 1.54) is 13.0 Å². The van der Waals surface area contributed by atoms with Gasteiger partial charge in [-0.25, -0.2) is 0 Å². The number of benzene rings is 1. The first-order chi connectivity index (χ1) is 12.2. The van der Waals surface area contributed by atoms with Crippen molar-refractivity contribution in [2.75, 3.05) is 18.0 Å². The molecule has 0 radical (unpaired) electrons. The molecule has 1 aromatic rings. The van der Waals surface area contributed by atoms with Crippen LogP contribution in [0.1, 0.15) is 44.0 Å². The van der Waals surface area contributed by atoms with Gasteiger partial charge in [0.2, 0.25) is 0 Å². The van der Waals surface area contributed by atoms with E-state index in [4.69, 9.17) is 5.11 Å². The fraction of sp³-hybridized carbons (Fsp3) is 0.556. The molecule has 8 heteroatoms. The van der Waals surface area contributed by atoms with Crippen molar-refractivity contribution in [2.45, 2.75) is 39.7 Å². The molecule has 2 unspecified atom stereocenters. The van der Waals surface area contributed by atoms with Crippen molar-refractivity contribution in [1.29, 1.82) is 0 Å². The number of hydrogen-bond acceptors (Lipinski definition) is 5. The zero-order valence-electron chi connectivity index (χ0n) is 15.3. The quantitative estimate of drug-likeness (QED) is 0.593. The standard InChI is InChI=1S/C18H25N3O5/c1-11-6-8-20(9-7-11)15-5-4-14(10-16(15)21(25)26)17(22)19-13(3)12(2)18(23)24/h4-5,10-13H,6-9H2,1-3H3,(H,19,22)(H,23,24). The van der Waals surface area contributed by atoms with Gasteiger partial charge in [-0.3, -0.25) is 19.7 Å². The number of carbonyl (C=O) groups excluding carboxylic acids is 1. The van der Waals surface area contributed by atoms with Crippen LogP contribution in [0.15, 0.2) is 18.2 Å². The molecule has 0 saturated carbocycles. The number of anilines is 1. The number of carbonyl (C=O) groups is 2. The number of nitrogens with zero attached hydrogens (tertiary/aromatic N) is 2. The predicted molar refractivity (Wildman–Crippen MR) is 97.4 cm³/mol. The maximum atomic E-state index is 12.3. The summed E-state index contributed by atoms with van der Waals surface area (Å²) in [5, 5.41) is 23.1. The highest BCUT2D eigenvalue weighted by Gasteiger charge is 2.26. The molecule has 0 spiro atoms. The van der Waals surface area contributed by atoms with Crippen LogP contribution in [0.2, 0.25) is 0 Å². The zero-order chi connectivity index (χ0) is 19.4. The number of hydrogen-bond donors (Lipinski definition) is 2. The number of carboxylic acids is 1. The van der Waals surface area contributed by atoms with Crippen LogP contribution in [-0.2, 0) is 4.79 Å². The van der Waals surface area contributed by atoms with Gasteiger partial charge in [-0.05, 0) is 44.7 Å². The maximum Gasteiger partial charge on any atom is 0.308 e. The molecule has 1 aromatic carbocycles. The van der Waals surface area contributed by atoms with E-state index in [9.17, 15) is 19.7 Å². The summed E-state index contributed by atoms with van der Waals surface area (Å²) in [5.41, 5.74) is 0.562. The SMILES string of the molecule is CC1CCN(c2ccc(C(=O)NC(C)C(C)C(=O)O)cc2[N+](=O)[O-])CC1. The minimum atomic E-state index is -1.02. The Morgan fingerprint density at radius 3 is 2.46 bits per heavy atom. The molecule has 0 bridgehead atoms. The molecule has 26 heavy (non-hydrogen) atoms. The van der Waals surface area contributed by atoms with Crippen molar-refractivity contribution in [3.05, 3.63) is 33.9 Å². The highest BCUT2D eigenvalue weighted by Crippen LogP contribution is 2.32. The van der Waals surface area contributed by atoms with E-state index in [1.807, 2.05) is 4.90 Å². The van der Waals surface area contributed by atoms with Crippen LogP contribution in [-0.4, -0.2) is 41.0 Å². The Labute approximate surface area is 152 Å². The Morgan fingerprint density at radius 2 is 1.92 bits per heavy atom. The minimum absolute atomic E-state index is 0.105. The van der Waals surface area contributed by atoms with Crippen LogP contribution >= 0.6 is 0 Å². The zero-order valence-corrected chi connectivity index (χ0v) is 15.3. The lowest BCUT2D eigenvalue weighted by atomic mass is 9.98. The number of nitrogens with one attached hydrogen (secondary N) is 1. The van der Waals surface area contributed by atoms with Crippen molar-refractivity contribution in [2.24, 2.45) is 11.8 Å². The third kappa shape index (κ3) is 4.50. The molecule has 1 aliphatic rings. The molecule has 8 nitrogen and oxygen atoms in total. The van der Waals surface area contributed by atoms with E-state index < -0.39 is 28.8 Å². The van der Waals surface area contributed by atoms with E-state index >= 15 is 0 Å². The van der Waals surface area contributed by atoms with Gasteiger partial charge in [0, 0.05) is 30.8 Å². The Hall–Kier alpha value is -2.64. The lowest BCUT2D eigenvalue weighted by Gasteiger charge is -2.31. The molecule has 0 aromatic heterocycles. The molecule has 1 aliphatic heterocycles. The third-order valence-corrected chi connectivity index (χ3v) is 5.06. The normalized spacial score (nSPS) is 17.4. The largest absolute Gasteiger partial charge is 0.481 e. The summed E-state index contributed by atoms with van der Waals surface area (Å²) < 4.78 is 0. The second-order valence-electron chi connectivity index (χ2n) is 7.02.